The molecule has 0 unspecified atom stereocenters. The van der Waals surface area contributed by atoms with Gasteiger partial charge in [-0.25, -0.2) is 0 Å². The number of aromatic amines is 1. The van der Waals surface area contributed by atoms with Gasteiger partial charge in [-0.05, 0) is 25.7 Å². The van der Waals surface area contributed by atoms with Crippen molar-refractivity contribution in [3.63, 3.8) is 0 Å². The standard InChI is InChI=1S/C12H13N/c1-3-7-11-9(5-1)10-6-2-4-8-12(10)13-11/h1-2,5-6,13H,3-4,7-8H2. The summed E-state index contributed by atoms with van der Waals surface area (Å²) in [6, 6.07) is 0. The first kappa shape index (κ1) is 7.19. The van der Waals surface area contributed by atoms with Crippen LogP contribution >= 0.6 is 0 Å². The molecule has 0 saturated carbocycles. The van der Waals surface area contributed by atoms with Crippen molar-refractivity contribution in [2.75, 3.05) is 0 Å². The van der Waals surface area contributed by atoms with Crippen molar-refractivity contribution >= 4 is 12.2 Å². The average molecular weight is 171 g/mol. The summed E-state index contributed by atoms with van der Waals surface area (Å²) in [6.07, 6.45) is 13.8. The van der Waals surface area contributed by atoms with Crippen LogP contribution in [0.2, 0.25) is 0 Å². The maximum absolute atomic E-state index is 3.55. The molecule has 0 saturated heterocycles. The first-order valence-electron chi connectivity index (χ1n) is 5.02. The van der Waals surface area contributed by atoms with E-state index in [4.69, 9.17) is 0 Å². The van der Waals surface area contributed by atoms with Crippen LogP contribution in [0.4, 0.5) is 0 Å². The number of nitrogens with one attached hydrogen (secondary N) is 1. The molecule has 0 aliphatic heterocycles. The van der Waals surface area contributed by atoms with Crippen LogP contribution in [-0.4, -0.2) is 4.98 Å². The lowest BCUT2D eigenvalue weighted by Gasteiger charge is -2.06. The lowest BCUT2D eigenvalue weighted by atomic mass is 9.97. The zero-order chi connectivity index (χ0) is 8.67. The lowest BCUT2D eigenvalue weighted by molar-refractivity contribution is 0.899. The summed E-state index contributed by atoms with van der Waals surface area (Å²) in [7, 11) is 0. The molecule has 2 aliphatic carbocycles. The first-order valence-corrected chi connectivity index (χ1v) is 5.02. The van der Waals surface area contributed by atoms with E-state index in [1.54, 1.807) is 0 Å². The van der Waals surface area contributed by atoms with Gasteiger partial charge in [0.15, 0.2) is 0 Å². The van der Waals surface area contributed by atoms with Crippen LogP contribution in [-0.2, 0) is 12.8 Å². The number of fused-ring (bicyclic) bond motifs is 3. The molecule has 3 rings (SSSR count). The second kappa shape index (κ2) is 2.63. The minimum atomic E-state index is 1.19. The van der Waals surface area contributed by atoms with Gasteiger partial charge in [0.1, 0.15) is 0 Å². The number of hydrogen-bond donors (Lipinski definition) is 1. The van der Waals surface area contributed by atoms with Crippen LogP contribution in [0.25, 0.3) is 12.2 Å². The number of allylic oxidation sites excluding steroid dienone is 2. The van der Waals surface area contributed by atoms with Crippen LogP contribution in [0.1, 0.15) is 35.4 Å². The monoisotopic (exact) mass is 171 g/mol. The molecule has 1 nitrogen and oxygen atoms in total. The third kappa shape index (κ3) is 0.998. The molecule has 0 fully saturated rings. The van der Waals surface area contributed by atoms with Crippen LogP contribution < -0.4 is 0 Å². The molecule has 66 valence electrons. The molecule has 0 bridgehead atoms. The summed E-state index contributed by atoms with van der Waals surface area (Å²) in [6.45, 7) is 0. The molecule has 1 N–H and O–H groups in total. The van der Waals surface area contributed by atoms with Gasteiger partial charge in [-0.1, -0.05) is 24.3 Å². The van der Waals surface area contributed by atoms with E-state index in [0.717, 1.165) is 0 Å². The van der Waals surface area contributed by atoms with Gasteiger partial charge in [0, 0.05) is 22.5 Å². The van der Waals surface area contributed by atoms with Crippen LogP contribution in [0, 0.1) is 0 Å². The highest BCUT2D eigenvalue weighted by Gasteiger charge is 2.16. The number of aromatic nitrogens is 1. The van der Waals surface area contributed by atoms with Crippen LogP contribution in [0.15, 0.2) is 12.2 Å². The fourth-order valence-electron chi connectivity index (χ4n) is 2.27. The molecule has 0 spiro atoms. The maximum atomic E-state index is 3.55. The Morgan fingerprint density at radius 2 is 1.38 bits per heavy atom. The second-order valence-electron chi connectivity index (χ2n) is 3.79. The fraction of sp³-hybridized carbons (Fsp3) is 0.333. The Morgan fingerprint density at radius 3 is 1.92 bits per heavy atom. The summed E-state index contributed by atoms with van der Waals surface area (Å²) in [5, 5.41) is 0. The molecule has 0 amide bonds. The molecule has 0 aromatic carbocycles. The van der Waals surface area contributed by atoms with Gasteiger partial charge in [0.2, 0.25) is 0 Å². The molecular formula is C12H13N. The minimum Gasteiger partial charge on any atom is -0.361 e. The predicted octanol–water partition coefficient (Wildman–Crippen LogP) is 2.93. The second-order valence-corrected chi connectivity index (χ2v) is 3.79. The largest absolute Gasteiger partial charge is 0.361 e. The van der Waals surface area contributed by atoms with E-state index >= 15 is 0 Å². The van der Waals surface area contributed by atoms with E-state index in [0.29, 0.717) is 0 Å². The molecule has 2 aliphatic rings. The molecule has 0 radical (unpaired) electrons. The molecule has 1 aromatic rings. The van der Waals surface area contributed by atoms with Gasteiger partial charge in [-0.3, -0.25) is 0 Å². The van der Waals surface area contributed by atoms with E-state index in [1.165, 1.54) is 48.2 Å². The van der Waals surface area contributed by atoms with Crippen LogP contribution in [0.3, 0.4) is 0 Å². The Balaban J connectivity index is 2.23. The number of rotatable bonds is 0. The van der Waals surface area contributed by atoms with Gasteiger partial charge < -0.3 is 4.98 Å². The van der Waals surface area contributed by atoms with Crippen molar-refractivity contribution in [1.82, 2.24) is 4.98 Å². The van der Waals surface area contributed by atoms with E-state index in [2.05, 4.69) is 29.3 Å². The minimum absolute atomic E-state index is 1.19. The smallest absolute Gasteiger partial charge is 0.0232 e. The Hall–Kier alpha value is -1.24. The fourth-order valence-corrected chi connectivity index (χ4v) is 2.27. The van der Waals surface area contributed by atoms with Crippen molar-refractivity contribution in [1.29, 1.82) is 0 Å². The quantitative estimate of drug-likeness (QED) is 0.617. The van der Waals surface area contributed by atoms with Crippen LogP contribution in [0.5, 0.6) is 0 Å². The van der Waals surface area contributed by atoms with E-state index in [1.807, 2.05) is 0 Å². The maximum Gasteiger partial charge on any atom is 0.0232 e. The summed E-state index contributed by atoms with van der Waals surface area (Å²) >= 11 is 0. The van der Waals surface area contributed by atoms with Gasteiger partial charge in [0.05, 0.1) is 0 Å². The third-order valence-electron chi connectivity index (χ3n) is 2.93. The summed E-state index contributed by atoms with van der Waals surface area (Å²) in [5.74, 6) is 0. The Kier molecular flexibility index (Phi) is 1.45. The lowest BCUT2D eigenvalue weighted by Crippen LogP contribution is -1.91. The van der Waals surface area contributed by atoms with E-state index in [-0.39, 0.29) is 0 Å². The van der Waals surface area contributed by atoms with Gasteiger partial charge in [-0.15, -0.1) is 0 Å². The van der Waals surface area contributed by atoms with Crippen molar-refractivity contribution in [2.24, 2.45) is 0 Å². The Morgan fingerprint density at radius 1 is 0.846 bits per heavy atom. The highest BCUT2D eigenvalue weighted by Crippen LogP contribution is 2.29. The number of aryl methyl sites for hydroxylation is 2. The third-order valence-corrected chi connectivity index (χ3v) is 2.93. The molecule has 0 atom stereocenters. The van der Waals surface area contributed by atoms with Gasteiger partial charge >= 0.3 is 0 Å². The molecule has 13 heavy (non-hydrogen) atoms. The zero-order valence-corrected chi connectivity index (χ0v) is 7.64. The molecular weight excluding hydrogens is 158 g/mol. The van der Waals surface area contributed by atoms with Gasteiger partial charge in [0.25, 0.3) is 0 Å². The summed E-state index contributed by atoms with van der Waals surface area (Å²) in [5.41, 5.74) is 5.77. The SMILES string of the molecule is C1=Cc2c([nH]c3c2C=CCC3)CC1. The summed E-state index contributed by atoms with van der Waals surface area (Å²) < 4.78 is 0. The Bertz CT molecular complexity index is 357. The molecule has 1 heteroatoms. The van der Waals surface area contributed by atoms with Crippen molar-refractivity contribution < 1.29 is 0 Å². The zero-order valence-electron chi connectivity index (χ0n) is 7.64. The topological polar surface area (TPSA) is 15.8 Å². The van der Waals surface area contributed by atoms with Gasteiger partial charge in [-0.2, -0.15) is 0 Å². The average Bonchev–Trinajstić information content (AvgIpc) is 2.56. The van der Waals surface area contributed by atoms with Crippen molar-refractivity contribution in [3.8, 4) is 0 Å². The first-order chi connectivity index (χ1) is 6.45. The van der Waals surface area contributed by atoms with E-state index in [9.17, 15) is 0 Å². The highest BCUT2D eigenvalue weighted by molar-refractivity contribution is 5.71. The normalized spacial score (nSPS) is 18.5. The Labute approximate surface area is 78.2 Å². The number of hydrogen-bond acceptors (Lipinski definition) is 0. The summed E-state index contributed by atoms with van der Waals surface area (Å²) in [4.78, 5) is 3.55. The highest BCUT2D eigenvalue weighted by atomic mass is 14.7. The number of H-pyrrole nitrogens is 1. The molecule has 1 aromatic heterocycles. The van der Waals surface area contributed by atoms with E-state index < -0.39 is 0 Å². The molecule has 1 heterocycles. The predicted molar refractivity (Wildman–Crippen MR) is 55.5 cm³/mol. The van der Waals surface area contributed by atoms with Crippen molar-refractivity contribution in [2.45, 2.75) is 25.7 Å². The van der Waals surface area contributed by atoms with Crippen molar-refractivity contribution in [3.05, 3.63) is 34.7 Å².